The highest BCUT2D eigenvalue weighted by molar-refractivity contribution is 8.00. The van der Waals surface area contributed by atoms with Crippen LogP contribution in [0, 0.1) is 0 Å². The summed E-state index contributed by atoms with van der Waals surface area (Å²) >= 11 is 1.59. The maximum atomic E-state index is 10.7. The molecule has 0 aliphatic carbocycles. The van der Waals surface area contributed by atoms with Crippen molar-refractivity contribution >= 4 is 17.7 Å². The van der Waals surface area contributed by atoms with Gasteiger partial charge in [-0.1, -0.05) is 18.2 Å². The molecule has 1 aliphatic rings. The zero-order valence-electron chi connectivity index (χ0n) is 8.31. The van der Waals surface area contributed by atoms with Crippen LogP contribution in [0.2, 0.25) is 0 Å². The quantitative estimate of drug-likeness (QED) is 0.849. The Morgan fingerprint density at radius 3 is 3.13 bits per heavy atom. The molecule has 0 saturated carbocycles. The Kier molecular flexibility index (Phi) is 3.16. The fourth-order valence-corrected chi connectivity index (χ4v) is 2.67. The predicted octanol–water partition coefficient (Wildman–Crippen LogP) is 1.73. The van der Waals surface area contributed by atoms with Gasteiger partial charge in [0.15, 0.2) is 0 Å². The summed E-state index contributed by atoms with van der Waals surface area (Å²) in [5, 5.41) is 0.336. The van der Waals surface area contributed by atoms with Crippen LogP contribution in [-0.2, 0) is 4.79 Å². The number of carbonyl (C=O) groups is 1. The second kappa shape index (κ2) is 4.57. The Morgan fingerprint density at radius 1 is 1.53 bits per heavy atom. The summed E-state index contributed by atoms with van der Waals surface area (Å²) in [6.45, 7) is 0.716. The summed E-state index contributed by atoms with van der Waals surface area (Å²) in [4.78, 5) is 10.7. The van der Waals surface area contributed by atoms with Crippen molar-refractivity contribution in [3.8, 4) is 5.75 Å². The van der Waals surface area contributed by atoms with Crippen LogP contribution < -0.4 is 10.5 Å². The number of carbonyl (C=O) groups excluding carboxylic acids is 1. The second-order valence-electron chi connectivity index (χ2n) is 3.44. The van der Waals surface area contributed by atoms with Gasteiger partial charge in [0.05, 0.1) is 12.4 Å². The van der Waals surface area contributed by atoms with E-state index in [9.17, 15) is 4.79 Å². The van der Waals surface area contributed by atoms with E-state index >= 15 is 0 Å². The molecule has 1 aromatic rings. The Bertz CT molecular complexity index is 367. The van der Waals surface area contributed by atoms with E-state index in [0.29, 0.717) is 17.6 Å². The van der Waals surface area contributed by atoms with Crippen molar-refractivity contribution in [2.24, 2.45) is 5.73 Å². The second-order valence-corrected chi connectivity index (χ2v) is 4.63. The summed E-state index contributed by atoms with van der Waals surface area (Å²) in [5.41, 5.74) is 6.31. The highest BCUT2D eigenvalue weighted by Gasteiger charge is 2.21. The molecule has 0 spiro atoms. The lowest BCUT2D eigenvalue weighted by Gasteiger charge is -2.24. The first kappa shape index (κ1) is 10.4. The normalized spacial score (nSPS) is 19.1. The molecule has 0 saturated heterocycles. The van der Waals surface area contributed by atoms with Crippen molar-refractivity contribution in [2.75, 3.05) is 12.4 Å². The number of benzene rings is 1. The highest BCUT2D eigenvalue weighted by atomic mass is 32.2. The van der Waals surface area contributed by atoms with Gasteiger partial charge < -0.3 is 10.5 Å². The minimum atomic E-state index is -0.260. The predicted molar refractivity (Wildman–Crippen MR) is 60.9 cm³/mol. The van der Waals surface area contributed by atoms with Gasteiger partial charge in [0, 0.05) is 10.8 Å². The highest BCUT2D eigenvalue weighted by Crippen LogP contribution is 2.40. The van der Waals surface area contributed by atoms with E-state index in [2.05, 4.69) is 0 Å². The third kappa shape index (κ3) is 2.45. The maximum absolute atomic E-state index is 10.7. The molecule has 2 N–H and O–H groups in total. The summed E-state index contributed by atoms with van der Waals surface area (Å²) in [6.07, 6.45) is 0.939. The molecule has 15 heavy (non-hydrogen) atoms. The van der Waals surface area contributed by atoms with E-state index in [1.807, 2.05) is 24.3 Å². The van der Waals surface area contributed by atoms with Gasteiger partial charge in [-0.05, 0) is 12.5 Å². The fourth-order valence-electron chi connectivity index (χ4n) is 1.67. The van der Waals surface area contributed by atoms with Crippen LogP contribution >= 0.6 is 11.8 Å². The minimum absolute atomic E-state index is 0.260. The van der Waals surface area contributed by atoms with Crippen LogP contribution in [0.25, 0.3) is 0 Å². The zero-order valence-corrected chi connectivity index (χ0v) is 9.13. The van der Waals surface area contributed by atoms with Gasteiger partial charge in [-0.15, -0.1) is 11.8 Å². The molecule has 1 atom stereocenters. The Balaban J connectivity index is 2.11. The maximum Gasteiger partial charge on any atom is 0.227 e. The summed E-state index contributed by atoms with van der Waals surface area (Å²) in [6, 6.07) is 7.96. The van der Waals surface area contributed by atoms with E-state index in [-0.39, 0.29) is 5.91 Å². The number of rotatable bonds is 3. The number of para-hydroxylation sites is 1. The number of fused-ring (bicyclic) bond motifs is 1. The molecular formula is C11H13NO2S. The van der Waals surface area contributed by atoms with Crippen LogP contribution in [0.5, 0.6) is 5.75 Å². The van der Waals surface area contributed by atoms with Gasteiger partial charge in [0.1, 0.15) is 5.75 Å². The fraction of sp³-hybridized carbons (Fsp3) is 0.364. The van der Waals surface area contributed by atoms with Crippen LogP contribution in [0.3, 0.4) is 0 Å². The van der Waals surface area contributed by atoms with Crippen molar-refractivity contribution in [3.63, 3.8) is 0 Å². The molecule has 1 unspecified atom stereocenters. The number of ether oxygens (including phenoxy) is 1. The van der Waals surface area contributed by atoms with E-state index in [0.717, 1.165) is 12.2 Å². The van der Waals surface area contributed by atoms with Crippen molar-refractivity contribution in [2.45, 2.75) is 11.7 Å². The zero-order chi connectivity index (χ0) is 10.7. The number of primary amides is 1. The van der Waals surface area contributed by atoms with Crippen molar-refractivity contribution < 1.29 is 9.53 Å². The van der Waals surface area contributed by atoms with E-state index in [1.54, 1.807) is 11.8 Å². The lowest BCUT2D eigenvalue weighted by atomic mass is 10.1. The molecule has 3 nitrogen and oxygen atoms in total. The van der Waals surface area contributed by atoms with Crippen molar-refractivity contribution in [1.29, 1.82) is 0 Å². The minimum Gasteiger partial charge on any atom is -0.493 e. The number of hydrogen-bond acceptors (Lipinski definition) is 3. The molecule has 0 fully saturated rings. The first-order valence-electron chi connectivity index (χ1n) is 4.89. The first-order chi connectivity index (χ1) is 7.27. The van der Waals surface area contributed by atoms with Gasteiger partial charge in [0.2, 0.25) is 5.91 Å². The topological polar surface area (TPSA) is 52.3 Å². The van der Waals surface area contributed by atoms with Crippen LogP contribution in [-0.4, -0.2) is 18.3 Å². The Labute approximate surface area is 93.0 Å². The van der Waals surface area contributed by atoms with Crippen LogP contribution in [0.4, 0.5) is 0 Å². The third-order valence-electron chi connectivity index (χ3n) is 2.33. The molecule has 0 aromatic heterocycles. The molecule has 1 amide bonds. The smallest absolute Gasteiger partial charge is 0.227 e. The van der Waals surface area contributed by atoms with Gasteiger partial charge >= 0.3 is 0 Å². The molecule has 1 aliphatic heterocycles. The van der Waals surface area contributed by atoms with E-state index in [1.165, 1.54) is 5.56 Å². The average Bonchev–Trinajstić information content (AvgIpc) is 2.26. The van der Waals surface area contributed by atoms with Crippen molar-refractivity contribution in [1.82, 2.24) is 0 Å². The largest absolute Gasteiger partial charge is 0.493 e. The van der Waals surface area contributed by atoms with Crippen LogP contribution in [0.1, 0.15) is 17.2 Å². The van der Waals surface area contributed by atoms with Crippen molar-refractivity contribution in [3.05, 3.63) is 29.8 Å². The van der Waals surface area contributed by atoms with Gasteiger partial charge in [0.25, 0.3) is 0 Å². The Hall–Kier alpha value is -1.16. The first-order valence-corrected chi connectivity index (χ1v) is 5.94. The average molecular weight is 223 g/mol. The Morgan fingerprint density at radius 2 is 2.33 bits per heavy atom. The number of amides is 1. The summed E-state index contributed by atoms with van der Waals surface area (Å²) in [7, 11) is 0. The molecular weight excluding hydrogens is 210 g/mol. The molecule has 80 valence electrons. The third-order valence-corrected chi connectivity index (χ3v) is 3.67. The van der Waals surface area contributed by atoms with Gasteiger partial charge in [-0.25, -0.2) is 0 Å². The number of nitrogens with two attached hydrogens (primary N) is 1. The monoisotopic (exact) mass is 223 g/mol. The molecule has 1 heterocycles. The summed E-state index contributed by atoms with van der Waals surface area (Å²) < 4.78 is 5.53. The summed E-state index contributed by atoms with van der Waals surface area (Å²) in [5.74, 6) is 1.05. The standard InChI is InChI=1S/C11H13NO2S/c12-11(13)7-15-10-5-6-14-9-4-2-1-3-8(9)10/h1-4,10H,5-7H2,(H2,12,13). The van der Waals surface area contributed by atoms with Gasteiger partial charge in [-0.2, -0.15) is 0 Å². The van der Waals surface area contributed by atoms with E-state index in [4.69, 9.17) is 10.5 Å². The number of hydrogen-bond donors (Lipinski definition) is 1. The lowest BCUT2D eigenvalue weighted by molar-refractivity contribution is -0.115. The van der Waals surface area contributed by atoms with Gasteiger partial charge in [-0.3, -0.25) is 4.79 Å². The molecule has 2 rings (SSSR count). The molecule has 4 heteroatoms. The molecule has 0 radical (unpaired) electrons. The van der Waals surface area contributed by atoms with E-state index < -0.39 is 0 Å². The molecule has 0 bridgehead atoms. The number of thioether (sulfide) groups is 1. The van der Waals surface area contributed by atoms with Crippen LogP contribution in [0.15, 0.2) is 24.3 Å². The lowest BCUT2D eigenvalue weighted by Crippen LogP contribution is -2.17. The molecule has 1 aromatic carbocycles. The SMILES string of the molecule is NC(=O)CSC1CCOc2ccccc21.